The molecule has 0 saturated carbocycles. The highest BCUT2D eigenvalue weighted by Crippen LogP contribution is 2.26. The van der Waals surface area contributed by atoms with Crippen LogP contribution in [0, 0.1) is 0 Å². The lowest BCUT2D eigenvalue weighted by Gasteiger charge is -2.33. The maximum Gasteiger partial charge on any atom is 0.415 e. The summed E-state index contributed by atoms with van der Waals surface area (Å²) in [5.74, 6) is 0. The van der Waals surface area contributed by atoms with Crippen molar-refractivity contribution in [3.63, 3.8) is 0 Å². The number of para-hydroxylation sites is 1. The summed E-state index contributed by atoms with van der Waals surface area (Å²) in [5, 5.41) is 0.571. The highest BCUT2D eigenvalue weighted by molar-refractivity contribution is 5.78. The Hall–Kier alpha value is -1.86. The molecule has 4 nitrogen and oxygen atoms in total. The Bertz CT molecular complexity index is 727. The first-order valence-electron chi connectivity index (χ1n) is 6.95. The van der Waals surface area contributed by atoms with Crippen molar-refractivity contribution in [2.24, 2.45) is 0 Å². The predicted molar refractivity (Wildman–Crippen MR) is 75.6 cm³/mol. The number of hydrogen-bond donors (Lipinski definition) is 1. The fraction of sp³-hybridized carbons (Fsp3) is 0.400. The lowest BCUT2D eigenvalue weighted by atomic mass is 10.2. The van der Waals surface area contributed by atoms with Gasteiger partial charge in [-0.1, -0.05) is 12.1 Å². The summed E-state index contributed by atoms with van der Waals surface area (Å²) in [6.45, 7) is 0.470. The van der Waals surface area contributed by atoms with Crippen LogP contribution in [0.5, 0.6) is 0 Å². The molecule has 1 atom stereocenters. The van der Waals surface area contributed by atoms with Crippen LogP contribution in [0.2, 0.25) is 0 Å². The van der Waals surface area contributed by atoms with Gasteiger partial charge in [0.05, 0.1) is 6.61 Å². The van der Waals surface area contributed by atoms with Gasteiger partial charge in [0.2, 0.25) is 0 Å². The maximum atomic E-state index is 12.7. The van der Waals surface area contributed by atoms with Crippen molar-refractivity contribution in [2.45, 2.75) is 18.8 Å². The Kier molecular flexibility index (Phi) is 3.92. The second-order valence-corrected chi connectivity index (χ2v) is 5.34. The van der Waals surface area contributed by atoms with E-state index in [0.29, 0.717) is 23.1 Å². The Morgan fingerprint density at radius 1 is 1.32 bits per heavy atom. The molecular formula is C15H15F3N2O2. The second-order valence-electron chi connectivity index (χ2n) is 5.34. The molecule has 0 spiro atoms. The summed E-state index contributed by atoms with van der Waals surface area (Å²) < 4.78 is 42.9. The van der Waals surface area contributed by atoms with Crippen LogP contribution in [0.1, 0.15) is 5.69 Å². The van der Waals surface area contributed by atoms with Gasteiger partial charge in [0.15, 0.2) is 11.5 Å². The lowest BCUT2D eigenvalue weighted by molar-refractivity contribution is -0.237. The van der Waals surface area contributed by atoms with Gasteiger partial charge >= 0.3 is 6.18 Å². The number of alkyl halides is 3. The van der Waals surface area contributed by atoms with Crippen molar-refractivity contribution in [1.29, 1.82) is 0 Å². The van der Waals surface area contributed by atoms with Crippen LogP contribution in [0.15, 0.2) is 35.1 Å². The number of ether oxygens (including phenoxy) is 1. The van der Waals surface area contributed by atoms with Crippen LogP contribution in [0.3, 0.4) is 0 Å². The molecule has 0 amide bonds. The average Bonchev–Trinajstić information content (AvgIpc) is 2.47. The minimum atomic E-state index is -4.37. The van der Waals surface area contributed by atoms with Gasteiger partial charge in [-0.2, -0.15) is 13.2 Å². The summed E-state index contributed by atoms with van der Waals surface area (Å²) in [4.78, 5) is 16.8. The quantitative estimate of drug-likeness (QED) is 0.925. The fourth-order valence-electron chi connectivity index (χ4n) is 2.62. The molecule has 1 aromatic carbocycles. The number of morpholine rings is 1. The van der Waals surface area contributed by atoms with Crippen molar-refractivity contribution < 1.29 is 17.9 Å². The van der Waals surface area contributed by atoms with Gasteiger partial charge in [0.1, 0.15) is 0 Å². The third-order valence-corrected chi connectivity index (χ3v) is 3.70. The third-order valence-electron chi connectivity index (χ3n) is 3.70. The molecule has 0 bridgehead atoms. The average molecular weight is 312 g/mol. The maximum absolute atomic E-state index is 12.7. The zero-order valence-corrected chi connectivity index (χ0v) is 11.7. The number of fused-ring (bicyclic) bond motifs is 1. The standard InChI is InChI=1S/C15H15F3N2O2/c16-15(17,18)14-9-20(5-6-22-14)8-10-7-13(21)11-3-1-2-4-12(11)19-10/h1-4,7,14H,5-6,8-9H2,(H,19,21). The second kappa shape index (κ2) is 5.73. The van der Waals surface area contributed by atoms with Gasteiger partial charge in [-0.05, 0) is 12.1 Å². The van der Waals surface area contributed by atoms with E-state index in [0.717, 1.165) is 0 Å². The van der Waals surface area contributed by atoms with E-state index in [-0.39, 0.29) is 25.1 Å². The highest BCUT2D eigenvalue weighted by Gasteiger charge is 2.43. The van der Waals surface area contributed by atoms with E-state index < -0.39 is 12.3 Å². The minimum Gasteiger partial charge on any atom is -0.366 e. The van der Waals surface area contributed by atoms with Crippen molar-refractivity contribution in [2.75, 3.05) is 19.7 Å². The first-order chi connectivity index (χ1) is 10.4. The molecule has 2 heterocycles. The molecule has 0 radical (unpaired) electrons. The van der Waals surface area contributed by atoms with Gasteiger partial charge in [-0.3, -0.25) is 9.69 Å². The number of aromatic amines is 1. The normalized spacial score (nSPS) is 20.4. The Morgan fingerprint density at radius 2 is 2.09 bits per heavy atom. The molecule has 1 unspecified atom stereocenters. The van der Waals surface area contributed by atoms with E-state index in [1.807, 2.05) is 0 Å². The van der Waals surface area contributed by atoms with E-state index in [1.54, 1.807) is 29.2 Å². The lowest BCUT2D eigenvalue weighted by Crippen LogP contribution is -2.48. The van der Waals surface area contributed by atoms with Crippen molar-refractivity contribution in [3.8, 4) is 0 Å². The smallest absolute Gasteiger partial charge is 0.366 e. The summed E-state index contributed by atoms with van der Waals surface area (Å²) in [5.41, 5.74) is 1.15. The highest BCUT2D eigenvalue weighted by atomic mass is 19.4. The van der Waals surface area contributed by atoms with Crippen molar-refractivity contribution in [1.82, 2.24) is 9.88 Å². The Morgan fingerprint density at radius 3 is 2.86 bits per heavy atom. The zero-order valence-electron chi connectivity index (χ0n) is 11.7. The number of nitrogens with one attached hydrogen (secondary N) is 1. The first-order valence-corrected chi connectivity index (χ1v) is 6.95. The molecule has 0 aliphatic carbocycles. The number of nitrogens with zero attached hydrogens (tertiary/aromatic N) is 1. The Labute approximate surface area is 124 Å². The summed E-state index contributed by atoms with van der Waals surface area (Å²) in [6.07, 6.45) is -6.14. The molecular weight excluding hydrogens is 297 g/mol. The van der Waals surface area contributed by atoms with Crippen LogP contribution in [-0.4, -0.2) is 41.9 Å². The van der Waals surface area contributed by atoms with Crippen LogP contribution in [0.25, 0.3) is 10.9 Å². The number of benzene rings is 1. The zero-order chi connectivity index (χ0) is 15.7. The molecule has 1 aromatic heterocycles. The van der Waals surface area contributed by atoms with Gasteiger partial charge in [0, 0.05) is 42.3 Å². The summed E-state index contributed by atoms with van der Waals surface area (Å²) in [7, 11) is 0. The molecule has 22 heavy (non-hydrogen) atoms. The number of rotatable bonds is 2. The fourth-order valence-corrected chi connectivity index (χ4v) is 2.62. The van der Waals surface area contributed by atoms with E-state index >= 15 is 0 Å². The summed E-state index contributed by atoms with van der Waals surface area (Å²) >= 11 is 0. The molecule has 2 aromatic rings. The van der Waals surface area contributed by atoms with Crippen LogP contribution in [0.4, 0.5) is 13.2 Å². The molecule has 3 rings (SSSR count). The number of aromatic nitrogens is 1. The molecule has 118 valence electrons. The molecule has 1 saturated heterocycles. The minimum absolute atomic E-state index is 0.0298. The van der Waals surface area contributed by atoms with Gasteiger partial charge < -0.3 is 9.72 Å². The first kappa shape index (κ1) is 15.1. The van der Waals surface area contributed by atoms with Crippen LogP contribution in [-0.2, 0) is 11.3 Å². The van der Waals surface area contributed by atoms with E-state index in [1.165, 1.54) is 6.07 Å². The number of hydrogen-bond acceptors (Lipinski definition) is 3. The SMILES string of the molecule is O=c1cc(CN2CCOC(C(F)(F)F)C2)[nH]c2ccccc12. The Balaban J connectivity index is 1.80. The predicted octanol–water partition coefficient (Wildman–Crippen LogP) is 2.29. The van der Waals surface area contributed by atoms with Crippen LogP contribution >= 0.6 is 0 Å². The van der Waals surface area contributed by atoms with Gasteiger partial charge in [-0.25, -0.2) is 0 Å². The molecule has 1 fully saturated rings. The largest absolute Gasteiger partial charge is 0.415 e. The van der Waals surface area contributed by atoms with Crippen molar-refractivity contribution >= 4 is 10.9 Å². The molecule has 1 N–H and O–H groups in total. The number of pyridine rings is 1. The molecule has 1 aliphatic heterocycles. The van der Waals surface area contributed by atoms with E-state index in [2.05, 4.69) is 4.98 Å². The summed E-state index contributed by atoms with van der Waals surface area (Å²) in [6, 6.07) is 8.51. The van der Waals surface area contributed by atoms with Gasteiger partial charge in [0.25, 0.3) is 0 Å². The number of halogens is 3. The molecule has 1 aliphatic rings. The topological polar surface area (TPSA) is 45.3 Å². The van der Waals surface area contributed by atoms with Crippen molar-refractivity contribution in [3.05, 3.63) is 46.2 Å². The monoisotopic (exact) mass is 312 g/mol. The van der Waals surface area contributed by atoms with Crippen LogP contribution < -0.4 is 5.43 Å². The molecule has 7 heteroatoms. The van der Waals surface area contributed by atoms with E-state index in [4.69, 9.17) is 4.74 Å². The third kappa shape index (κ3) is 3.15. The van der Waals surface area contributed by atoms with E-state index in [9.17, 15) is 18.0 Å². The van der Waals surface area contributed by atoms with Gasteiger partial charge in [-0.15, -0.1) is 0 Å². The number of H-pyrrole nitrogens is 1.